The van der Waals surface area contributed by atoms with Gasteiger partial charge >= 0.3 is 0 Å². The Kier molecular flexibility index (Phi) is 7.96. The number of nitrogens with one attached hydrogen (secondary N) is 1. The summed E-state index contributed by atoms with van der Waals surface area (Å²) < 4.78 is 0. The summed E-state index contributed by atoms with van der Waals surface area (Å²) in [6.45, 7) is 7.46. The molecule has 114 valence electrons. The van der Waals surface area contributed by atoms with Crippen molar-refractivity contribution in [1.82, 2.24) is 10.2 Å². The zero-order valence-electron chi connectivity index (χ0n) is 13.2. The van der Waals surface area contributed by atoms with Gasteiger partial charge in [0.25, 0.3) is 0 Å². The van der Waals surface area contributed by atoms with Crippen LogP contribution in [0.4, 0.5) is 0 Å². The molecule has 0 saturated heterocycles. The molecule has 0 unspecified atom stereocenters. The van der Waals surface area contributed by atoms with E-state index in [4.69, 9.17) is 0 Å². The van der Waals surface area contributed by atoms with Crippen LogP contribution in [0.5, 0.6) is 0 Å². The SMILES string of the molecule is CC(C)N(C)CCCCNCC1(O)CCCCCC1. The highest BCUT2D eigenvalue weighted by atomic mass is 16.3. The summed E-state index contributed by atoms with van der Waals surface area (Å²) in [6.07, 6.45) is 9.38. The molecule has 0 aromatic heterocycles. The van der Waals surface area contributed by atoms with Crippen molar-refractivity contribution in [3.63, 3.8) is 0 Å². The van der Waals surface area contributed by atoms with E-state index in [2.05, 4.69) is 31.1 Å². The molecule has 0 heterocycles. The molecule has 0 atom stereocenters. The fourth-order valence-corrected chi connectivity index (χ4v) is 2.75. The molecule has 0 spiro atoms. The van der Waals surface area contributed by atoms with Crippen LogP contribution in [0, 0.1) is 0 Å². The van der Waals surface area contributed by atoms with Crippen LogP contribution in [0.15, 0.2) is 0 Å². The normalized spacial score (nSPS) is 19.9. The van der Waals surface area contributed by atoms with E-state index in [0.717, 1.165) is 25.9 Å². The van der Waals surface area contributed by atoms with Crippen molar-refractivity contribution in [3.8, 4) is 0 Å². The van der Waals surface area contributed by atoms with E-state index in [1.165, 1.54) is 45.1 Å². The van der Waals surface area contributed by atoms with Crippen molar-refractivity contribution in [2.45, 2.75) is 76.9 Å². The van der Waals surface area contributed by atoms with E-state index in [1.54, 1.807) is 0 Å². The summed E-state index contributed by atoms with van der Waals surface area (Å²) in [6, 6.07) is 0.639. The van der Waals surface area contributed by atoms with Crippen LogP contribution in [0.1, 0.15) is 65.2 Å². The standard InChI is InChI=1S/C16H34N2O/c1-15(2)18(3)13-9-8-12-17-14-16(19)10-6-4-5-7-11-16/h15,17,19H,4-14H2,1-3H3. The van der Waals surface area contributed by atoms with E-state index >= 15 is 0 Å². The average molecular weight is 270 g/mol. The van der Waals surface area contributed by atoms with Crippen molar-refractivity contribution in [2.75, 3.05) is 26.7 Å². The molecular formula is C16H34N2O. The van der Waals surface area contributed by atoms with E-state index in [1.807, 2.05) is 0 Å². The number of hydrogen-bond donors (Lipinski definition) is 2. The van der Waals surface area contributed by atoms with Gasteiger partial charge < -0.3 is 15.3 Å². The maximum atomic E-state index is 10.5. The topological polar surface area (TPSA) is 35.5 Å². The molecule has 3 heteroatoms. The van der Waals surface area contributed by atoms with Crippen LogP contribution in [0.25, 0.3) is 0 Å². The first-order valence-electron chi connectivity index (χ1n) is 8.17. The lowest BCUT2D eigenvalue weighted by molar-refractivity contribution is 0.0254. The minimum absolute atomic E-state index is 0.425. The molecule has 2 N–H and O–H groups in total. The van der Waals surface area contributed by atoms with Crippen LogP contribution < -0.4 is 5.32 Å². The lowest BCUT2D eigenvalue weighted by Gasteiger charge is -2.27. The molecule has 1 saturated carbocycles. The van der Waals surface area contributed by atoms with Crippen molar-refractivity contribution in [3.05, 3.63) is 0 Å². The van der Waals surface area contributed by atoms with E-state index in [0.29, 0.717) is 6.04 Å². The largest absolute Gasteiger partial charge is 0.389 e. The average Bonchev–Trinajstić information content (AvgIpc) is 2.58. The summed E-state index contributed by atoms with van der Waals surface area (Å²) in [5.74, 6) is 0. The highest BCUT2D eigenvalue weighted by molar-refractivity contribution is 4.83. The van der Waals surface area contributed by atoms with Gasteiger partial charge in [0.15, 0.2) is 0 Å². The monoisotopic (exact) mass is 270 g/mol. The molecule has 0 bridgehead atoms. The Bertz CT molecular complexity index is 223. The molecule has 0 amide bonds. The Labute approximate surface area is 119 Å². The number of aliphatic hydroxyl groups is 1. The van der Waals surface area contributed by atoms with Crippen LogP contribution in [0.2, 0.25) is 0 Å². The minimum atomic E-state index is -0.425. The zero-order valence-corrected chi connectivity index (χ0v) is 13.2. The molecule has 0 aliphatic heterocycles. The molecule has 0 aromatic carbocycles. The number of unbranched alkanes of at least 4 members (excludes halogenated alkanes) is 1. The number of nitrogens with zero attached hydrogens (tertiary/aromatic N) is 1. The Morgan fingerprint density at radius 3 is 2.32 bits per heavy atom. The van der Waals surface area contributed by atoms with Gasteiger partial charge in [-0.1, -0.05) is 25.7 Å². The van der Waals surface area contributed by atoms with Gasteiger partial charge in [-0.2, -0.15) is 0 Å². The van der Waals surface area contributed by atoms with Gasteiger partial charge in [0.05, 0.1) is 5.60 Å². The summed E-state index contributed by atoms with van der Waals surface area (Å²) in [7, 11) is 2.19. The molecule has 1 rings (SSSR count). The highest BCUT2D eigenvalue weighted by Gasteiger charge is 2.26. The molecule has 1 aliphatic carbocycles. The Morgan fingerprint density at radius 1 is 1.11 bits per heavy atom. The first kappa shape index (κ1) is 16.9. The van der Waals surface area contributed by atoms with E-state index < -0.39 is 5.60 Å². The lowest BCUT2D eigenvalue weighted by atomic mass is 9.94. The summed E-state index contributed by atoms with van der Waals surface area (Å²) in [5.41, 5.74) is -0.425. The Hall–Kier alpha value is -0.120. The van der Waals surface area contributed by atoms with Crippen molar-refractivity contribution < 1.29 is 5.11 Å². The Balaban J connectivity index is 2.03. The van der Waals surface area contributed by atoms with Gasteiger partial charge in [-0.15, -0.1) is 0 Å². The summed E-state index contributed by atoms with van der Waals surface area (Å²) in [5, 5.41) is 14.0. The summed E-state index contributed by atoms with van der Waals surface area (Å²) >= 11 is 0. The second-order valence-electron chi connectivity index (χ2n) is 6.60. The van der Waals surface area contributed by atoms with E-state index in [-0.39, 0.29) is 0 Å². The molecule has 1 aliphatic rings. The lowest BCUT2D eigenvalue weighted by Crippen LogP contribution is -2.40. The van der Waals surface area contributed by atoms with Crippen LogP contribution >= 0.6 is 0 Å². The molecule has 19 heavy (non-hydrogen) atoms. The van der Waals surface area contributed by atoms with Gasteiger partial charge in [0, 0.05) is 12.6 Å². The van der Waals surface area contributed by atoms with Crippen LogP contribution in [-0.4, -0.2) is 48.3 Å². The minimum Gasteiger partial charge on any atom is -0.389 e. The Morgan fingerprint density at radius 2 is 1.74 bits per heavy atom. The molecular weight excluding hydrogens is 236 g/mol. The quantitative estimate of drug-likeness (QED) is 0.526. The van der Waals surface area contributed by atoms with Crippen LogP contribution in [-0.2, 0) is 0 Å². The van der Waals surface area contributed by atoms with E-state index in [9.17, 15) is 5.11 Å². The number of rotatable bonds is 8. The fourth-order valence-electron chi connectivity index (χ4n) is 2.75. The second-order valence-corrected chi connectivity index (χ2v) is 6.60. The first-order chi connectivity index (χ1) is 9.03. The maximum Gasteiger partial charge on any atom is 0.0771 e. The van der Waals surface area contributed by atoms with Crippen molar-refractivity contribution in [1.29, 1.82) is 0 Å². The fraction of sp³-hybridized carbons (Fsp3) is 1.00. The van der Waals surface area contributed by atoms with Gasteiger partial charge in [0.2, 0.25) is 0 Å². The zero-order chi connectivity index (χ0) is 14.1. The first-order valence-corrected chi connectivity index (χ1v) is 8.17. The van der Waals surface area contributed by atoms with Gasteiger partial charge in [-0.25, -0.2) is 0 Å². The third kappa shape index (κ3) is 7.28. The smallest absolute Gasteiger partial charge is 0.0771 e. The maximum absolute atomic E-state index is 10.5. The highest BCUT2D eigenvalue weighted by Crippen LogP contribution is 2.26. The predicted molar refractivity (Wildman–Crippen MR) is 82.5 cm³/mol. The van der Waals surface area contributed by atoms with Crippen molar-refractivity contribution in [2.24, 2.45) is 0 Å². The third-order valence-corrected chi connectivity index (χ3v) is 4.48. The van der Waals surface area contributed by atoms with Gasteiger partial charge in [0.1, 0.15) is 0 Å². The molecule has 3 nitrogen and oxygen atoms in total. The predicted octanol–water partition coefficient (Wildman–Crippen LogP) is 2.78. The molecule has 0 radical (unpaired) electrons. The second kappa shape index (κ2) is 8.93. The molecule has 0 aromatic rings. The third-order valence-electron chi connectivity index (χ3n) is 4.48. The number of hydrogen-bond acceptors (Lipinski definition) is 3. The summed E-state index contributed by atoms with van der Waals surface area (Å²) in [4.78, 5) is 2.39. The van der Waals surface area contributed by atoms with Gasteiger partial charge in [-0.3, -0.25) is 0 Å². The van der Waals surface area contributed by atoms with Crippen LogP contribution in [0.3, 0.4) is 0 Å². The van der Waals surface area contributed by atoms with Gasteiger partial charge in [-0.05, 0) is 59.7 Å². The molecule has 1 fully saturated rings. The van der Waals surface area contributed by atoms with Crippen molar-refractivity contribution >= 4 is 0 Å².